The van der Waals surface area contributed by atoms with E-state index in [1.807, 2.05) is 0 Å². The van der Waals surface area contributed by atoms with Crippen LogP contribution in [-0.4, -0.2) is 14.5 Å². The summed E-state index contributed by atoms with van der Waals surface area (Å²) >= 11 is 0. The van der Waals surface area contributed by atoms with E-state index in [9.17, 15) is 0 Å². The van der Waals surface area contributed by atoms with E-state index in [1.165, 1.54) is 72.0 Å². The molecule has 2 aliphatic rings. The molecule has 2 aromatic heterocycles. The fourth-order valence-corrected chi connectivity index (χ4v) is 10.8. The van der Waals surface area contributed by atoms with Crippen LogP contribution in [0.15, 0.2) is 236 Å². The standard InChI is InChI=1S/C64H46N4/c1-64(2)54-26-13-15-28-57(54)67(49-21-8-3-4-9-22-49)58-37-35-46(40-55(58)64)47-33-36-53-60(41-47)68(59-38-34-44-19-10-11-24-51(44)61(53)59)50-23-16-20-48(39-50)63-65-56-27-14-12-25-52(56)62(66-63)45-31-29-43(30-32-45)42-17-6-5-7-18-42/h3-8,10-41H,9H2,1-2H3. The third-order valence-electron chi connectivity index (χ3n) is 14.2. The lowest BCUT2D eigenvalue weighted by molar-refractivity contribution is 0.630. The van der Waals surface area contributed by atoms with Gasteiger partial charge in [-0.1, -0.05) is 190 Å². The van der Waals surface area contributed by atoms with Gasteiger partial charge in [-0.05, 0) is 105 Å². The van der Waals surface area contributed by atoms with Crippen molar-refractivity contribution >= 4 is 54.9 Å². The number of anilines is 2. The molecule has 1 aliphatic heterocycles. The van der Waals surface area contributed by atoms with Crippen LogP contribution in [0.25, 0.3) is 94.1 Å². The van der Waals surface area contributed by atoms with Gasteiger partial charge < -0.3 is 9.47 Å². The van der Waals surface area contributed by atoms with Crippen LogP contribution in [0.2, 0.25) is 0 Å². The number of fused-ring (bicyclic) bond motifs is 8. The van der Waals surface area contributed by atoms with E-state index in [0.29, 0.717) is 5.82 Å². The minimum Gasteiger partial charge on any atom is -0.310 e. The van der Waals surface area contributed by atoms with Gasteiger partial charge in [-0.25, -0.2) is 9.97 Å². The molecule has 0 radical (unpaired) electrons. The Bertz CT molecular complexity index is 3910. The van der Waals surface area contributed by atoms with Crippen LogP contribution >= 0.6 is 0 Å². The lowest BCUT2D eigenvalue weighted by atomic mass is 9.73. The quantitative estimate of drug-likeness (QED) is 0.167. The molecule has 68 heavy (non-hydrogen) atoms. The molecule has 0 N–H and O–H groups in total. The highest BCUT2D eigenvalue weighted by molar-refractivity contribution is 6.21. The normalized spacial score (nSPS) is 14.0. The Labute approximate surface area is 396 Å². The third kappa shape index (κ3) is 6.44. The number of nitrogens with zero attached hydrogens (tertiary/aromatic N) is 4. The van der Waals surface area contributed by atoms with Crippen molar-refractivity contribution in [3.05, 3.63) is 247 Å². The second-order valence-electron chi connectivity index (χ2n) is 18.5. The summed E-state index contributed by atoms with van der Waals surface area (Å²) in [5.41, 5.74) is 18.0. The molecule has 4 heteroatoms. The van der Waals surface area contributed by atoms with Gasteiger partial charge in [-0.2, -0.15) is 0 Å². The minimum atomic E-state index is -0.222. The Morgan fingerprint density at radius 3 is 2.07 bits per heavy atom. The summed E-state index contributed by atoms with van der Waals surface area (Å²) in [7, 11) is 0. The fraction of sp³-hybridized carbons (Fsp3) is 0.0625. The molecule has 0 amide bonds. The first kappa shape index (κ1) is 39.7. The maximum atomic E-state index is 5.35. The summed E-state index contributed by atoms with van der Waals surface area (Å²) in [6, 6.07) is 72.6. The van der Waals surface area contributed by atoms with E-state index < -0.39 is 0 Å². The maximum Gasteiger partial charge on any atom is 0.160 e. The molecule has 0 saturated heterocycles. The van der Waals surface area contributed by atoms with Gasteiger partial charge in [0.15, 0.2) is 5.82 Å². The van der Waals surface area contributed by atoms with E-state index >= 15 is 0 Å². The molecule has 9 aromatic carbocycles. The first-order valence-corrected chi connectivity index (χ1v) is 23.6. The highest BCUT2D eigenvalue weighted by Gasteiger charge is 2.37. The van der Waals surface area contributed by atoms with Crippen LogP contribution in [0.5, 0.6) is 0 Å². The van der Waals surface area contributed by atoms with Gasteiger partial charge in [0.1, 0.15) is 0 Å². The second kappa shape index (κ2) is 15.8. The van der Waals surface area contributed by atoms with Gasteiger partial charge >= 0.3 is 0 Å². The molecular weight excluding hydrogens is 825 g/mol. The van der Waals surface area contributed by atoms with E-state index in [4.69, 9.17) is 9.97 Å². The first-order chi connectivity index (χ1) is 33.5. The Kier molecular flexibility index (Phi) is 9.23. The molecule has 0 spiro atoms. The van der Waals surface area contributed by atoms with Gasteiger partial charge in [-0.3, -0.25) is 0 Å². The van der Waals surface area contributed by atoms with Crippen molar-refractivity contribution in [2.45, 2.75) is 25.7 Å². The van der Waals surface area contributed by atoms with Crippen LogP contribution in [0, 0.1) is 0 Å². The molecule has 1 aliphatic carbocycles. The predicted molar refractivity (Wildman–Crippen MR) is 285 cm³/mol. The lowest BCUT2D eigenvalue weighted by Crippen LogP contribution is -2.32. The molecule has 11 aromatic rings. The van der Waals surface area contributed by atoms with E-state index in [-0.39, 0.29) is 5.41 Å². The summed E-state index contributed by atoms with van der Waals surface area (Å²) in [6.07, 6.45) is 12.0. The monoisotopic (exact) mass is 870 g/mol. The molecule has 0 atom stereocenters. The van der Waals surface area contributed by atoms with Gasteiger partial charge in [0, 0.05) is 44.1 Å². The molecule has 0 bridgehead atoms. The Balaban J connectivity index is 0.968. The highest BCUT2D eigenvalue weighted by atomic mass is 15.2. The molecule has 3 heterocycles. The largest absolute Gasteiger partial charge is 0.310 e. The van der Waals surface area contributed by atoms with Crippen molar-refractivity contribution in [3.63, 3.8) is 0 Å². The molecule has 322 valence electrons. The van der Waals surface area contributed by atoms with Crippen LogP contribution in [-0.2, 0) is 5.41 Å². The summed E-state index contributed by atoms with van der Waals surface area (Å²) in [6.45, 7) is 4.74. The number of allylic oxidation sites excluding steroid dienone is 5. The van der Waals surface area contributed by atoms with Crippen molar-refractivity contribution in [1.29, 1.82) is 0 Å². The SMILES string of the molecule is CC1(C)c2ccccc2N(C2=CCC=CC=C2)c2ccc(-c3ccc4c5c6ccccc6ccc5n(-c5cccc(-c6nc(-c7ccc(-c8ccccc8)cc7)c7ccccc7n6)c5)c4c3)cc21. The number of rotatable bonds is 6. The van der Waals surface area contributed by atoms with Crippen LogP contribution in [0.1, 0.15) is 31.4 Å². The zero-order valence-electron chi connectivity index (χ0n) is 37.9. The second-order valence-corrected chi connectivity index (χ2v) is 18.5. The number of hydrogen-bond acceptors (Lipinski definition) is 3. The number of benzene rings is 9. The van der Waals surface area contributed by atoms with Crippen molar-refractivity contribution < 1.29 is 0 Å². The maximum absolute atomic E-state index is 5.35. The Morgan fingerprint density at radius 2 is 1.18 bits per heavy atom. The van der Waals surface area contributed by atoms with Gasteiger partial charge in [0.2, 0.25) is 0 Å². The van der Waals surface area contributed by atoms with Crippen LogP contribution < -0.4 is 4.90 Å². The van der Waals surface area contributed by atoms with Gasteiger partial charge in [-0.15, -0.1) is 0 Å². The van der Waals surface area contributed by atoms with Crippen LogP contribution in [0.4, 0.5) is 11.4 Å². The first-order valence-electron chi connectivity index (χ1n) is 23.6. The van der Waals surface area contributed by atoms with Crippen LogP contribution in [0.3, 0.4) is 0 Å². The molecular formula is C64H46N4. The van der Waals surface area contributed by atoms with E-state index in [0.717, 1.165) is 50.9 Å². The molecule has 0 unspecified atom stereocenters. The zero-order chi connectivity index (χ0) is 45.3. The molecule has 0 saturated carbocycles. The average molecular weight is 871 g/mol. The fourth-order valence-electron chi connectivity index (χ4n) is 10.8. The summed E-state index contributed by atoms with van der Waals surface area (Å²) in [5.74, 6) is 0.693. The van der Waals surface area contributed by atoms with Crippen molar-refractivity contribution in [2.75, 3.05) is 4.90 Å². The number of para-hydroxylation sites is 2. The Hall–Kier alpha value is -8.60. The highest BCUT2D eigenvalue weighted by Crippen LogP contribution is 2.52. The van der Waals surface area contributed by atoms with E-state index in [2.05, 4.69) is 254 Å². The predicted octanol–water partition coefficient (Wildman–Crippen LogP) is 16.7. The third-order valence-corrected chi connectivity index (χ3v) is 14.2. The Morgan fingerprint density at radius 1 is 0.471 bits per heavy atom. The summed E-state index contributed by atoms with van der Waals surface area (Å²) in [4.78, 5) is 13.0. The van der Waals surface area contributed by atoms with Crippen molar-refractivity contribution in [1.82, 2.24) is 14.5 Å². The van der Waals surface area contributed by atoms with Crippen molar-refractivity contribution in [3.8, 4) is 50.6 Å². The molecule has 13 rings (SSSR count). The minimum absolute atomic E-state index is 0.222. The topological polar surface area (TPSA) is 34.0 Å². The average Bonchev–Trinajstić information content (AvgIpc) is 3.50. The zero-order valence-corrected chi connectivity index (χ0v) is 37.9. The van der Waals surface area contributed by atoms with Crippen molar-refractivity contribution in [2.24, 2.45) is 0 Å². The van der Waals surface area contributed by atoms with Gasteiger partial charge in [0.25, 0.3) is 0 Å². The molecule has 4 nitrogen and oxygen atoms in total. The lowest BCUT2D eigenvalue weighted by Gasteiger charge is -2.42. The summed E-state index contributed by atoms with van der Waals surface area (Å²) < 4.78 is 2.44. The smallest absolute Gasteiger partial charge is 0.160 e. The number of hydrogen-bond donors (Lipinski definition) is 0. The van der Waals surface area contributed by atoms with Gasteiger partial charge in [0.05, 0.1) is 33.6 Å². The number of aromatic nitrogens is 3. The summed E-state index contributed by atoms with van der Waals surface area (Å²) in [5, 5.41) is 5.95. The van der Waals surface area contributed by atoms with E-state index in [1.54, 1.807) is 0 Å². The molecule has 0 fully saturated rings.